The summed E-state index contributed by atoms with van der Waals surface area (Å²) < 4.78 is 0. The predicted octanol–water partition coefficient (Wildman–Crippen LogP) is 4.01. The zero-order valence-electron chi connectivity index (χ0n) is 15.7. The fourth-order valence-electron chi connectivity index (χ4n) is 3.93. The third-order valence-electron chi connectivity index (χ3n) is 5.48. The van der Waals surface area contributed by atoms with Crippen LogP contribution in [0.4, 0.5) is 0 Å². The lowest BCUT2D eigenvalue weighted by molar-refractivity contribution is -0.121. The maximum atomic E-state index is 12.4. The summed E-state index contributed by atoms with van der Waals surface area (Å²) in [6.07, 6.45) is 5.88. The minimum atomic E-state index is 0.108. The second kappa shape index (κ2) is 8.40. The number of rotatable bonds is 7. The summed E-state index contributed by atoms with van der Waals surface area (Å²) in [5, 5.41) is 4.32. The van der Waals surface area contributed by atoms with Gasteiger partial charge in [-0.1, -0.05) is 42.5 Å². The molecule has 4 nitrogen and oxygen atoms in total. The van der Waals surface area contributed by atoms with Gasteiger partial charge in [-0.25, -0.2) is 0 Å². The van der Waals surface area contributed by atoms with Crippen LogP contribution in [0.5, 0.6) is 0 Å². The number of aromatic amines is 1. The van der Waals surface area contributed by atoms with Gasteiger partial charge in [0.25, 0.3) is 0 Å². The first-order chi connectivity index (χ1) is 13.3. The lowest BCUT2D eigenvalue weighted by Gasteiger charge is -2.17. The normalized spacial score (nSPS) is 14.7. The molecule has 0 spiro atoms. The summed E-state index contributed by atoms with van der Waals surface area (Å²) in [4.78, 5) is 18.1. The molecule has 1 fully saturated rings. The van der Waals surface area contributed by atoms with E-state index in [4.69, 9.17) is 0 Å². The highest BCUT2D eigenvalue weighted by molar-refractivity contribution is 5.84. The Morgan fingerprint density at radius 2 is 1.70 bits per heavy atom. The molecule has 2 heterocycles. The first kappa shape index (κ1) is 17.8. The number of carbonyl (C=O) groups excluding carboxylic acids is 1. The van der Waals surface area contributed by atoms with E-state index in [1.165, 1.54) is 48.0 Å². The number of carbonyl (C=O) groups is 1. The molecule has 1 saturated heterocycles. The minimum Gasteiger partial charge on any atom is -0.361 e. The molecular weight excluding hydrogens is 334 g/mol. The lowest BCUT2D eigenvalue weighted by Crippen LogP contribution is -2.25. The number of hydrogen-bond acceptors (Lipinski definition) is 2. The van der Waals surface area contributed by atoms with Gasteiger partial charge in [-0.15, -0.1) is 0 Å². The maximum Gasteiger partial charge on any atom is 0.220 e. The molecule has 4 rings (SSSR count). The van der Waals surface area contributed by atoms with E-state index in [0.717, 1.165) is 18.5 Å². The zero-order valence-corrected chi connectivity index (χ0v) is 15.7. The molecule has 0 atom stereocenters. The van der Waals surface area contributed by atoms with E-state index in [1.807, 2.05) is 18.3 Å². The van der Waals surface area contributed by atoms with Gasteiger partial charge in [-0.3, -0.25) is 9.69 Å². The van der Waals surface area contributed by atoms with Crippen molar-refractivity contribution in [2.75, 3.05) is 13.1 Å². The Kier molecular flexibility index (Phi) is 5.54. The van der Waals surface area contributed by atoms with Gasteiger partial charge in [-0.05, 0) is 55.1 Å². The predicted molar refractivity (Wildman–Crippen MR) is 109 cm³/mol. The Labute approximate surface area is 160 Å². The van der Waals surface area contributed by atoms with E-state index in [1.54, 1.807) is 0 Å². The summed E-state index contributed by atoms with van der Waals surface area (Å²) in [7, 11) is 0. The second-order valence-electron chi connectivity index (χ2n) is 7.39. The molecule has 2 aromatic carbocycles. The largest absolute Gasteiger partial charge is 0.361 e. The average Bonchev–Trinajstić information content (AvgIpc) is 3.35. The molecule has 4 heteroatoms. The molecule has 3 aromatic rings. The number of aromatic nitrogens is 1. The number of amides is 1. The number of para-hydroxylation sites is 1. The lowest BCUT2D eigenvalue weighted by atomic mass is 10.1. The van der Waals surface area contributed by atoms with Crippen molar-refractivity contribution in [1.29, 1.82) is 0 Å². The van der Waals surface area contributed by atoms with Crippen molar-refractivity contribution in [2.24, 2.45) is 0 Å². The number of fused-ring (bicyclic) bond motifs is 1. The van der Waals surface area contributed by atoms with Gasteiger partial charge in [0, 0.05) is 36.6 Å². The molecule has 2 N–H and O–H groups in total. The smallest absolute Gasteiger partial charge is 0.220 e. The third kappa shape index (κ3) is 4.40. The monoisotopic (exact) mass is 361 g/mol. The Morgan fingerprint density at radius 1 is 0.963 bits per heavy atom. The van der Waals surface area contributed by atoms with Crippen molar-refractivity contribution in [1.82, 2.24) is 15.2 Å². The van der Waals surface area contributed by atoms with Crippen LogP contribution in [0.2, 0.25) is 0 Å². The van der Waals surface area contributed by atoms with E-state index in [-0.39, 0.29) is 5.91 Å². The van der Waals surface area contributed by atoms with Crippen molar-refractivity contribution < 1.29 is 4.79 Å². The van der Waals surface area contributed by atoms with Gasteiger partial charge in [0.2, 0.25) is 5.91 Å². The second-order valence-corrected chi connectivity index (χ2v) is 7.39. The molecule has 1 aliphatic heterocycles. The molecule has 0 radical (unpaired) electrons. The Morgan fingerprint density at radius 3 is 2.56 bits per heavy atom. The van der Waals surface area contributed by atoms with E-state index in [2.05, 4.69) is 51.6 Å². The highest BCUT2D eigenvalue weighted by Gasteiger charge is 2.14. The van der Waals surface area contributed by atoms with Crippen molar-refractivity contribution in [3.8, 4) is 0 Å². The van der Waals surface area contributed by atoms with Crippen LogP contribution in [0, 0.1) is 0 Å². The number of nitrogens with one attached hydrogen (secondary N) is 2. The van der Waals surface area contributed by atoms with Gasteiger partial charge in [0.05, 0.1) is 0 Å². The summed E-state index contributed by atoms with van der Waals surface area (Å²) in [5.41, 5.74) is 4.89. The van der Waals surface area contributed by atoms with E-state index < -0.39 is 0 Å². The van der Waals surface area contributed by atoms with E-state index in [9.17, 15) is 4.79 Å². The van der Waals surface area contributed by atoms with Gasteiger partial charge in [0.15, 0.2) is 0 Å². The molecule has 1 aliphatic rings. The van der Waals surface area contributed by atoms with Crippen LogP contribution in [0.15, 0.2) is 54.7 Å². The number of nitrogens with zero attached hydrogens (tertiary/aromatic N) is 1. The molecule has 140 valence electrons. The molecular formula is C23H27N3O. The van der Waals surface area contributed by atoms with E-state index >= 15 is 0 Å². The van der Waals surface area contributed by atoms with Crippen molar-refractivity contribution in [3.05, 3.63) is 71.4 Å². The van der Waals surface area contributed by atoms with Crippen LogP contribution in [-0.4, -0.2) is 28.9 Å². The van der Waals surface area contributed by atoms with Crippen LogP contribution in [0.25, 0.3) is 10.9 Å². The molecule has 0 unspecified atom stereocenters. The summed E-state index contributed by atoms with van der Waals surface area (Å²) in [6, 6.07) is 16.7. The highest BCUT2D eigenvalue weighted by Crippen LogP contribution is 2.19. The van der Waals surface area contributed by atoms with Crippen LogP contribution < -0.4 is 5.32 Å². The zero-order chi connectivity index (χ0) is 18.5. The molecule has 27 heavy (non-hydrogen) atoms. The fraction of sp³-hybridized carbons (Fsp3) is 0.348. The molecule has 0 saturated carbocycles. The Bertz CT molecular complexity index is 909. The van der Waals surface area contributed by atoms with Gasteiger partial charge >= 0.3 is 0 Å². The van der Waals surface area contributed by atoms with Gasteiger partial charge in [0.1, 0.15) is 0 Å². The summed E-state index contributed by atoms with van der Waals surface area (Å²) in [5.74, 6) is 0.108. The average molecular weight is 361 g/mol. The van der Waals surface area contributed by atoms with Gasteiger partial charge in [-0.2, -0.15) is 0 Å². The standard InChI is InChI=1S/C23H27N3O/c27-23(12-11-19-16-24-22-10-4-3-9-21(19)22)25-15-18-7-1-2-8-20(18)17-26-13-5-6-14-26/h1-4,7-10,16,24H,5-6,11-15,17H2,(H,25,27). The maximum absolute atomic E-state index is 12.4. The number of benzene rings is 2. The van der Waals surface area contributed by atoms with Crippen LogP contribution in [0.1, 0.15) is 36.0 Å². The number of hydrogen-bond donors (Lipinski definition) is 2. The minimum absolute atomic E-state index is 0.108. The topological polar surface area (TPSA) is 48.1 Å². The molecule has 0 aliphatic carbocycles. The highest BCUT2D eigenvalue weighted by atomic mass is 16.1. The SMILES string of the molecule is O=C(CCc1c[nH]c2ccccc12)NCc1ccccc1CN1CCCC1. The Balaban J connectivity index is 1.31. The summed E-state index contributed by atoms with van der Waals surface area (Å²) in [6.45, 7) is 3.97. The molecule has 0 bridgehead atoms. The third-order valence-corrected chi connectivity index (χ3v) is 5.48. The van der Waals surface area contributed by atoms with Crippen LogP contribution in [0.3, 0.4) is 0 Å². The Hall–Kier alpha value is -2.59. The molecule has 1 aromatic heterocycles. The van der Waals surface area contributed by atoms with Crippen LogP contribution >= 0.6 is 0 Å². The number of H-pyrrole nitrogens is 1. The first-order valence-corrected chi connectivity index (χ1v) is 9.90. The van der Waals surface area contributed by atoms with E-state index in [0.29, 0.717) is 13.0 Å². The van der Waals surface area contributed by atoms with Crippen molar-refractivity contribution >= 4 is 16.8 Å². The fourth-order valence-corrected chi connectivity index (χ4v) is 3.93. The summed E-state index contributed by atoms with van der Waals surface area (Å²) >= 11 is 0. The van der Waals surface area contributed by atoms with Crippen molar-refractivity contribution in [3.63, 3.8) is 0 Å². The number of likely N-dealkylation sites (tertiary alicyclic amines) is 1. The van der Waals surface area contributed by atoms with Gasteiger partial charge < -0.3 is 10.3 Å². The van der Waals surface area contributed by atoms with Crippen LogP contribution in [-0.2, 0) is 24.3 Å². The molecule has 1 amide bonds. The van der Waals surface area contributed by atoms with Crippen molar-refractivity contribution in [2.45, 2.75) is 38.8 Å². The number of aryl methyl sites for hydroxylation is 1. The first-order valence-electron chi connectivity index (χ1n) is 9.90. The quantitative estimate of drug-likeness (QED) is 0.668.